The maximum atomic E-state index is 13.2. The predicted octanol–water partition coefficient (Wildman–Crippen LogP) is 5.22. The number of H-pyrrole nitrogens is 1. The molecule has 2 heterocycles. The van der Waals surface area contributed by atoms with Crippen LogP contribution in [0.4, 0.5) is 5.69 Å². The second-order valence-electron chi connectivity index (χ2n) is 7.41. The normalized spacial score (nSPS) is 13.5. The quantitative estimate of drug-likeness (QED) is 0.284. The van der Waals surface area contributed by atoms with Crippen LogP contribution >= 0.6 is 27.7 Å². The van der Waals surface area contributed by atoms with Crippen molar-refractivity contribution in [2.45, 2.75) is 24.0 Å². The number of nitrogens with zero attached hydrogens (tertiary/aromatic N) is 2. The summed E-state index contributed by atoms with van der Waals surface area (Å²) in [6.07, 6.45) is 3.74. The molecule has 0 atom stereocenters. The van der Waals surface area contributed by atoms with E-state index in [4.69, 9.17) is 4.98 Å². The molecule has 1 fully saturated rings. The molecular weight excluding hydrogens is 476 g/mol. The summed E-state index contributed by atoms with van der Waals surface area (Å²) in [4.78, 5) is 33.7. The number of fused-ring (bicyclic) bond motifs is 1. The third-order valence-electron chi connectivity index (χ3n) is 5.18. The van der Waals surface area contributed by atoms with Crippen LogP contribution in [-0.2, 0) is 4.79 Å². The molecule has 2 aromatic carbocycles. The Morgan fingerprint density at radius 2 is 1.90 bits per heavy atom. The van der Waals surface area contributed by atoms with Crippen LogP contribution in [0.3, 0.4) is 0 Å². The van der Waals surface area contributed by atoms with Gasteiger partial charge >= 0.3 is 0 Å². The summed E-state index contributed by atoms with van der Waals surface area (Å²) in [6.45, 7) is 0. The van der Waals surface area contributed by atoms with Gasteiger partial charge in [0.25, 0.3) is 5.56 Å². The summed E-state index contributed by atoms with van der Waals surface area (Å²) in [5.41, 5.74) is 3.66. The molecule has 2 aromatic heterocycles. The van der Waals surface area contributed by atoms with Gasteiger partial charge in [-0.15, -0.1) is 0 Å². The fourth-order valence-corrected chi connectivity index (χ4v) is 4.77. The van der Waals surface area contributed by atoms with Crippen molar-refractivity contribution in [3.8, 4) is 11.1 Å². The molecule has 1 aliphatic rings. The van der Waals surface area contributed by atoms with Crippen LogP contribution in [0.5, 0.6) is 0 Å². The zero-order valence-electron chi connectivity index (χ0n) is 16.5. The second-order valence-corrected chi connectivity index (χ2v) is 9.21. The Kier molecular flexibility index (Phi) is 5.41. The third-order valence-corrected chi connectivity index (χ3v) is 6.82. The van der Waals surface area contributed by atoms with Crippen LogP contribution in [0.25, 0.3) is 22.2 Å². The average Bonchev–Trinajstić information content (AvgIpc) is 3.52. The van der Waals surface area contributed by atoms with E-state index in [1.807, 2.05) is 60.8 Å². The molecule has 0 unspecified atom stereocenters. The minimum Gasteiger partial charge on any atom is -0.355 e. The number of para-hydroxylation sites is 1. The summed E-state index contributed by atoms with van der Waals surface area (Å²) in [5, 5.41) is 3.48. The van der Waals surface area contributed by atoms with Crippen LogP contribution < -0.4 is 10.9 Å². The number of hydrogen-bond donors (Lipinski definition) is 2. The second kappa shape index (κ2) is 8.36. The molecule has 156 valence electrons. The van der Waals surface area contributed by atoms with E-state index in [2.05, 4.69) is 26.2 Å². The molecule has 0 bridgehead atoms. The van der Waals surface area contributed by atoms with Crippen molar-refractivity contribution < 1.29 is 4.79 Å². The molecule has 1 saturated carbocycles. The first-order chi connectivity index (χ1) is 15.1. The molecule has 2 N–H and O–H groups in total. The third kappa shape index (κ3) is 4.05. The molecule has 6 nitrogen and oxygen atoms in total. The first-order valence-corrected chi connectivity index (χ1v) is 11.8. The Morgan fingerprint density at radius 3 is 2.65 bits per heavy atom. The SMILES string of the molecule is O=C(CSc1nc2c(-c3ccccc3)c[nH]c2c(=O)n1C1CC1)Nc1ccccc1Br. The number of anilines is 1. The standard InChI is InChI=1S/C23H19BrN4O2S/c24-17-8-4-5-9-18(17)26-19(29)13-31-23-27-20-16(14-6-2-1-3-7-14)12-25-21(20)22(30)28(23)15-10-11-15/h1-9,12,15,25H,10-11,13H2,(H,26,29). The summed E-state index contributed by atoms with van der Waals surface area (Å²) < 4.78 is 2.56. The lowest BCUT2D eigenvalue weighted by Gasteiger charge is -2.12. The number of rotatable bonds is 6. The molecular formula is C23H19BrN4O2S. The largest absolute Gasteiger partial charge is 0.355 e. The smallest absolute Gasteiger partial charge is 0.278 e. The number of nitrogens with one attached hydrogen (secondary N) is 2. The number of aromatic amines is 1. The Morgan fingerprint density at radius 1 is 1.16 bits per heavy atom. The van der Waals surface area contributed by atoms with Crippen molar-refractivity contribution >= 4 is 50.3 Å². The zero-order valence-corrected chi connectivity index (χ0v) is 18.9. The van der Waals surface area contributed by atoms with Gasteiger partial charge in [-0.25, -0.2) is 4.98 Å². The van der Waals surface area contributed by atoms with E-state index >= 15 is 0 Å². The number of halogens is 1. The minimum absolute atomic E-state index is 0.0802. The molecule has 0 radical (unpaired) electrons. The molecule has 0 saturated heterocycles. The minimum atomic E-state index is -0.147. The van der Waals surface area contributed by atoms with Gasteiger partial charge in [0.05, 0.1) is 11.4 Å². The van der Waals surface area contributed by atoms with Gasteiger partial charge in [-0.1, -0.05) is 54.2 Å². The fraction of sp³-hybridized carbons (Fsp3) is 0.174. The van der Waals surface area contributed by atoms with Crippen molar-refractivity contribution in [3.05, 3.63) is 75.6 Å². The number of hydrogen-bond acceptors (Lipinski definition) is 4. The summed E-state index contributed by atoms with van der Waals surface area (Å²) >= 11 is 4.73. The lowest BCUT2D eigenvalue weighted by Crippen LogP contribution is -2.23. The molecule has 31 heavy (non-hydrogen) atoms. The highest BCUT2D eigenvalue weighted by molar-refractivity contribution is 9.10. The predicted molar refractivity (Wildman–Crippen MR) is 128 cm³/mol. The number of carbonyl (C=O) groups excluding carboxylic acids is 1. The van der Waals surface area contributed by atoms with Crippen molar-refractivity contribution in [3.63, 3.8) is 0 Å². The molecule has 4 aromatic rings. The lowest BCUT2D eigenvalue weighted by atomic mass is 10.1. The van der Waals surface area contributed by atoms with Gasteiger partial charge in [-0.2, -0.15) is 0 Å². The number of carbonyl (C=O) groups is 1. The van der Waals surface area contributed by atoms with Crippen molar-refractivity contribution in [1.29, 1.82) is 0 Å². The molecule has 1 aliphatic carbocycles. The van der Waals surface area contributed by atoms with Gasteiger partial charge in [0.2, 0.25) is 5.91 Å². The van der Waals surface area contributed by atoms with E-state index in [1.54, 1.807) is 4.57 Å². The first-order valence-electron chi connectivity index (χ1n) is 9.98. The lowest BCUT2D eigenvalue weighted by molar-refractivity contribution is -0.113. The van der Waals surface area contributed by atoms with E-state index in [1.165, 1.54) is 11.8 Å². The van der Waals surface area contributed by atoms with E-state index < -0.39 is 0 Å². The van der Waals surface area contributed by atoms with Crippen molar-refractivity contribution in [1.82, 2.24) is 14.5 Å². The van der Waals surface area contributed by atoms with Crippen LogP contribution in [0.1, 0.15) is 18.9 Å². The topological polar surface area (TPSA) is 79.8 Å². The van der Waals surface area contributed by atoms with Crippen LogP contribution in [0.2, 0.25) is 0 Å². The van der Waals surface area contributed by atoms with Gasteiger partial charge in [0.15, 0.2) is 5.16 Å². The van der Waals surface area contributed by atoms with Crippen LogP contribution in [-0.4, -0.2) is 26.2 Å². The Labute approximate surface area is 191 Å². The van der Waals surface area contributed by atoms with Gasteiger partial charge in [-0.3, -0.25) is 14.2 Å². The highest BCUT2D eigenvalue weighted by Crippen LogP contribution is 2.37. The number of amides is 1. The van der Waals surface area contributed by atoms with Gasteiger partial charge in [0, 0.05) is 22.3 Å². The Bertz CT molecular complexity index is 1330. The highest BCUT2D eigenvalue weighted by Gasteiger charge is 2.29. The van der Waals surface area contributed by atoms with Crippen LogP contribution in [0.15, 0.2) is 75.2 Å². The molecule has 0 aliphatic heterocycles. The molecule has 5 rings (SSSR count). The maximum Gasteiger partial charge on any atom is 0.278 e. The highest BCUT2D eigenvalue weighted by atomic mass is 79.9. The zero-order chi connectivity index (χ0) is 21.4. The van der Waals surface area contributed by atoms with E-state index in [0.29, 0.717) is 21.9 Å². The summed E-state index contributed by atoms with van der Waals surface area (Å²) in [7, 11) is 0. The fourth-order valence-electron chi connectivity index (χ4n) is 3.52. The molecule has 0 spiro atoms. The Hall–Kier alpha value is -2.84. The monoisotopic (exact) mass is 494 g/mol. The average molecular weight is 495 g/mol. The van der Waals surface area contributed by atoms with Gasteiger partial charge < -0.3 is 10.3 Å². The van der Waals surface area contributed by atoms with Crippen molar-refractivity contribution in [2.75, 3.05) is 11.1 Å². The maximum absolute atomic E-state index is 13.2. The molecule has 1 amide bonds. The van der Waals surface area contributed by atoms with Gasteiger partial charge in [-0.05, 0) is 46.5 Å². The Balaban J connectivity index is 1.47. The van der Waals surface area contributed by atoms with E-state index in [-0.39, 0.29) is 23.3 Å². The van der Waals surface area contributed by atoms with Gasteiger partial charge in [0.1, 0.15) is 11.0 Å². The number of aromatic nitrogens is 3. The first kappa shape index (κ1) is 20.1. The summed E-state index contributed by atoms with van der Waals surface area (Å²) in [5.74, 6) is 0.0165. The van der Waals surface area contributed by atoms with E-state index in [0.717, 1.165) is 28.4 Å². The number of thioether (sulfide) groups is 1. The summed E-state index contributed by atoms with van der Waals surface area (Å²) in [6, 6.07) is 17.5. The molecule has 8 heteroatoms. The van der Waals surface area contributed by atoms with E-state index in [9.17, 15) is 9.59 Å². The van der Waals surface area contributed by atoms with Crippen LogP contribution in [0, 0.1) is 0 Å². The number of benzene rings is 2. The van der Waals surface area contributed by atoms with Crippen molar-refractivity contribution in [2.24, 2.45) is 0 Å².